The lowest BCUT2D eigenvalue weighted by Gasteiger charge is -2.25. The maximum atomic E-state index is 6.26. The summed E-state index contributed by atoms with van der Waals surface area (Å²) in [5.41, 5.74) is 1.07. The van der Waals surface area contributed by atoms with E-state index in [1.165, 1.54) is 25.7 Å². The second kappa shape index (κ2) is 5.39. The van der Waals surface area contributed by atoms with Crippen molar-refractivity contribution in [1.29, 1.82) is 0 Å². The molecule has 0 saturated heterocycles. The number of halogens is 2. The Hall–Kier alpha value is -0.240. The molecule has 0 aliphatic heterocycles. The van der Waals surface area contributed by atoms with E-state index >= 15 is 0 Å². The third-order valence-electron chi connectivity index (χ3n) is 3.49. The molecule has 0 bridgehead atoms. The first-order valence-corrected chi connectivity index (χ1v) is 6.61. The molecule has 1 fully saturated rings. The zero-order valence-electron chi connectivity index (χ0n) is 9.47. The predicted molar refractivity (Wildman–Crippen MR) is 70.2 cm³/mol. The molecule has 3 heteroatoms. The fraction of sp³-hybridized carbons (Fsp3) is 0.538. The van der Waals surface area contributed by atoms with Crippen molar-refractivity contribution in [2.45, 2.75) is 31.7 Å². The summed E-state index contributed by atoms with van der Waals surface area (Å²) in [5.74, 6) is 0.669. The van der Waals surface area contributed by atoms with Crippen molar-refractivity contribution in [3.8, 4) is 0 Å². The first kappa shape index (κ1) is 12.2. The van der Waals surface area contributed by atoms with E-state index in [1.807, 2.05) is 25.2 Å². The van der Waals surface area contributed by atoms with Crippen molar-refractivity contribution in [2.75, 3.05) is 7.05 Å². The highest BCUT2D eigenvalue weighted by Gasteiger charge is 2.27. The van der Waals surface area contributed by atoms with Crippen LogP contribution in [0, 0.1) is 5.92 Å². The lowest BCUT2D eigenvalue weighted by molar-refractivity contribution is 0.390. The SMILES string of the molecule is CNC(c1c(Cl)cccc1Cl)C1CCCC1. The fourth-order valence-corrected chi connectivity index (χ4v) is 3.35. The minimum atomic E-state index is 0.295. The monoisotopic (exact) mass is 257 g/mol. The molecule has 1 aliphatic rings. The van der Waals surface area contributed by atoms with Crippen LogP contribution in [0.1, 0.15) is 37.3 Å². The summed E-state index contributed by atoms with van der Waals surface area (Å²) in [6, 6.07) is 6.03. The Morgan fingerprint density at radius 3 is 2.25 bits per heavy atom. The molecule has 0 spiro atoms. The van der Waals surface area contributed by atoms with Gasteiger partial charge in [0.05, 0.1) is 0 Å². The maximum absolute atomic E-state index is 6.26. The molecule has 88 valence electrons. The Morgan fingerprint density at radius 1 is 1.19 bits per heavy atom. The van der Waals surface area contributed by atoms with Crippen LogP contribution < -0.4 is 5.32 Å². The van der Waals surface area contributed by atoms with Gasteiger partial charge in [-0.3, -0.25) is 0 Å². The molecule has 2 rings (SSSR count). The van der Waals surface area contributed by atoms with Gasteiger partial charge >= 0.3 is 0 Å². The van der Waals surface area contributed by atoms with Crippen molar-refractivity contribution in [1.82, 2.24) is 5.32 Å². The molecule has 0 radical (unpaired) electrons. The van der Waals surface area contributed by atoms with Crippen LogP contribution in [0.2, 0.25) is 10.0 Å². The van der Waals surface area contributed by atoms with Crippen molar-refractivity contribution in [3.05, 3.63) is 33.8 Å². The molecule has 1 atom stereocenters. The lowest BCUT2D eigenvalue weighted by Crippen LogP contribution is -2.24. The van der Waals surface area contributed by atoms with Crippen molar-refractivity contribution in [2.24, 2.45) is 5.92 Å². The van der Waals surface area contributed by atoms with E-state index in [4.69, 9.17) is 23.2 Å². The normalized spacial score (nSPS) is 18.9. The summed E-state index contributed by atoms with van der Waals surface area (Å²) >= 11 is 12.5. The van der Waals surface area contributed by atoms with Gasteiger partial charge in [0.15, 0.2) is 0 Å². The van der Waals surface area contributed by atoms with E-state index < -0.39 is 0 Å². The van der Waals surface area contributed by atoms with Gasteiger partial charge in [0, 0.05) is 21.7 Å². The predicted octanol–water partition coefficient (Wildman–Crippen LogP) is 4.44. The van der Waals surface area contributed by atoms with Crippen LogP contribution >= 0.6 is 23.2 Å². The Labute approximate surface area is 107 Å². The summed E-state index contributed by atoms with van der Waals surface area (Å²) in [7, 11) is 1.99. The lowest BCUT2D eigenvalue weighted by atomic mass is 9.91. The van der Waals surface area contributed by atoms with Gasteiger partial charge in [-0.15, -0.1) is 0 Å². The number of rotatable bonds is 3. The Morgan fingerprint density at radius 2 is 1.75 bits per heavy atom. The van der Waals surface area contributed by atoms with Crippen LogP contribution in [0.15, 0.2) is 18.2 Å². The number of benzene rings is 1. The van der Waals surface area contributed by atoms with Gasteiger partial charge in [-0.1, -0.05) is 42.1 Å². The van der Waals surface area contributed by atoms with Crippen LogP contribution in [0.4, 0.5) is 0 Å². The van der Waals surface area contributed by atoms with Gasteiger partial charge in [-0.05, 0) is 37.9 Å². The first-order chi connectivity index (χ1) is 7.74. The Kier molecular flexibility index (Phi) is 4.12. The molecule has 1 aromatic rings. The van der Waals surface area contributed by atoms with Gasteiger partial charge in [-0.2, -0.15) is 0 Å². The summed E-state index contributed by atoms with van der Waals surface area (Å²) in [4.78, 5) is 0. The zero-order chi connectivity index (χ0) is 11.5. The molecule has 1 aliphatic carbocycles. The number of hydrogen-bond donors (Lipinski definition) is 1. The minimum absolute atomic E-state index is 0.295. The molecule has 16 heavy (non-hydrogen) atoms. The molecule has 1 saturated carbocycles. The molecular formula is C13H17Cl2N. The molecule has 0 amide bonds. The Balaban J connectivity index is 2.32. The van der Waals surface area contributed by atoms with Crippen LogP contribution in [-0.2, 0) is 0 Å². The molecule has 0 aromatic heterocycles. The molecule has 1 unspecified atom stereocenters. The van der Waals surface area contributed by atoms with Crippen LogP contribution in [-0.4, -0.2) is 7.05 Å². The quantitative estimate of drug-likeness (QED) is 0.844. The van der Waals surface area contributed by atoms with Crippen LogP contribution in [0.25, 0.3) is 0 Å². The smallest absolute Gasteiger partial charge is 0.0468 e. The number of nitrogens with one attached hydrogen (secondary N) is 1. The summed E-state index contributed by atoms with van der Waals surface area (Å²) in [6.45, 7) is 0. The molecular weight excluding hydrogens is 241 g/mol. The largest absolute Gasteiger partial charge is 0.313 e. The third kappa shape index (κ3) is 2.37. The summed E-state index contributed by atoms with van der Waals surface area (Å²) in [6.07, 6.45) is 5.19. The Bertz CT molecular complexity index is 339. The highest BCUT2D eigenvalue weighted by Crippen LogP contribution is 2.40. The van der Waals surface area contributed by atoms with Crippen LogP contribution in [0.5, 0.6) is 0 Å². The third-order valence-corrected chi connectivity index (χ3v) is 4.15. The fourth-order valence-electron chi connectivity index (χ4n) is 2.71. The van der Waals surface area contributed by atoms with E-state index in [-0.39, 0.29) is 0 Å². The van der Waals surface area contributed by atoms with Crippen molar-refractivity contribution in [3.63, 3.8) is 0 Å². The number of hydrogen-bond acceptors (Lipinski definition) is 1. The van der Waals surface area contributed by atoms with Gasteiger partial charge in [-0.25, -0.2) is 0 Å². The van der Waals surface area contributed by atoms with Gasteiger partial charge in [0.1, 0.15) is 0 Å². The van der Waals surface area contributed by atoms with E-state index in [0.717, 1.165) is 15.6 Å². The highest BCUT2D eigenvalue weighted by atomic mass is 35.5. The minimum Gasteiger partial charge on any atom is -0.313 e. The summed E-state index contributed by atoms with van der Waals surface area (Å²) < 4.78 is 0. The van der Waals surface area contributed by atoms with Crippen molar-refractivity contribution >= 4 is 23.2 Å². The van der Waals surface area contributed by atoms with Gasteiger partial charge in [0.25, 0.3) is 0 Å². The second-order valence-electron chi connectivity index (χ2n) is 4.45. The maximum Gasteiger partial charge on any atom is 0.0468 e. The zero-order valence-corrected chi connectivity index (χ0v) is 11.0. The molecule has 1 nitrogen and oxygen atoms in total. The standard InChI is InChI=1S/C13H17Cl2N/c1-16-13(9-5-2-3-6-9)12-10(14)7-4-8-11(12)15/h4,7-9,13,16H,2-3,5-6H2,1H3. The average Bonchev–Trinajstić information content (AvgIpc) is 2.77. The average molecular weight is 258 g/mol. The van der Waals surface area contributed by atoms with E-state index in [9.17, 15) is 0 Å². The summed E-state index contributed by atoms with van der Waals surface area (Å²) in [5, 5.41) is 4.93. The highest BCUT2D eigenvalue weighted by molar-refractivity contribution is 6.36. The van der Waals surface area contributed by atoms with Crippen LogP contribution in [0.3, 0.4) is 0 Å². The van der Waals surface area contributed by atoms with E-state index in [2.05, 4.69) is 5.32 Å². The van der Waals surface area contributed by atoms with E-state index in [0.29, 0.717) is 12.0 Å². The van der Waals surface area contributed by atoms with Crippen molar-refractivity contribution < 1.29 is 0 Å². The molecule has 0 heterocycles. The molecule has 1 N–H and O–H groups in total. The van der Waals surface area contributed by atoms with E-state index in [1.54, 1.807) is 0 Å². The first-order valence-electron chi connectivity index (χ1n) is 5.85. The van der Waals surface area contributed by atoms with Gasteiger partial charge in [0.2, 0.25) is 0 Å². The second-order valence-corrected chi connectivity index (χ2v) is 5.26. The topological polar surface area (TPSA) is 12.0 Å². The van der Waals surface area contributed by atoms with Gasteiger partial charge < -0.3 is 5.32 Å². The molecule has 1 aromatic carbocycles.